The summed E-state index contributed by atoms with van der Waals surface area (Å²) in [6, 6.07) is 5.64. The summed E-state index contributed by atoms with van der Waals surface area (Å²) in [6.45, 7) is 2.69. The molecule has 26 heavy (non-hydrogen) atoms. The van der Waals surface area contributed by atoms with Gasteiger partial charge in [-0.3, -0.25) is 23.9 Å². The maximum Gasteiger partial charge on any atom is 0.419 e. The first-order valence-electron chi connectivity index (χ1n) is 7.79. The van der Waals surface area contributed by atoms with Crippen LogP contribution in [0.25, 0.3) is 0 Å². The number of carbonyl (C=O) groups is 3. The number of aromatic nitrogens is 2. The van der Waals surface area contributed by atoms with E-state index in [0.29, 0.717) is 4.57 Å². The van der Waals surface area contributed by atoms with Crippen LogP contribution in [0, 0.1) is 0 Å². The molecular weight excluding hydrogens is 342 g/mol. The van der Waals surface area contributed by atoms with Crippen molar-refractivity contribution in [2.45, 2.75) is 26.4 Å². The molecular formula is C17H15N3O6. The Morgan fingerprint density at radius 2 is 1.58 bits per heavy atom. The number of hydrogen-bond donors (Lipinski definition) is 1. The second-order valence-electron chi connectivity index (χ2n) is 6.10. The van der Waals surface area contributed by atoms with Gasteiger partial charge in [-0.15, -0.1) is 0 Å². The van der Waals surface area contributed by atoms with E-state index in [9.17, 15) is 29.1 Å². The van der Waals surface area contributed by atoms with Gasteiger partial charge in [-0.1, -0.05) is 12.1 Å². The maximum atomic E-state index is 12.6. The third kappa shape index (κ3) is 2.53. The van der Waals surface area contributed by atoms with Gasteiger partial charge >= 0.3 is 11.8 Å². The van der Waals surface area contributed by atoms with Crippen LogP contribution in [0.3, 0.4) is 0 Å². The number of fused-ring (bicyclic) bond motifs is 1. The van der Waals surface area contributed by atoms with Gasteiger partial charge in [0.25, 0.3) is 17.4 Å². The fourth-order valence-corrected chi connectivity index (χ4v) is 2.88. The average Bonchev–Trinajstić information content (AvgIpc) is 2.82. The van der Waals surface area contributed by atoms with E-state index in [1.54, 1.807) is 26.0 Å². The Bertz CT molecular complexity index is 1030. The highest BCUT2D eigenvalue weighted by Gasteiger charge is 2.36. The van der Waals surface area contributed by atoms with Gasteiger partial charge in [0.15, 0.2) is 0 Å². The summed E-state index contributed by atoms with van der Waals surface area (Å²) >= 11 is 0. The van der Waals surface area contributed by atoms with Crippen LogP contribution in [0.2, 0.25) is 0 Å². The maximum absolute atomic E-state index is 12.6. The fourth-order valence-electron chi connectivity index (χ4n) is 2.88. The molecule has 0 bridgehead atoms. The number of benzene rings is 1. The molecule has 1 aliphatic heterocycles. The molecule has 0 fully saturated rings. The van der Waals surface area contributed by atoms with E-state index in [2.05, 4.69) is 0 Å². The highest BCUT2D eigenvalue weighted by atomic mass is 16.4. The molecule has 2 amide bonds. The zero-order chi connectivity index (χ0) is 19.2. The number of amides is 2. The minimum Gasteiger partial charge on any atom is -0.464 e. The molecule has 0 unspecified atom stereocenters. The lowest BCUT2D eigenvalue weighted by atomic mass is 10.1. The van der Waals surface area contributed by atoms with E-state index in [4.69, 9.17) is 0 Å². The van der Waals surface area contributed by atoms with Crippen LogP contribution >= 0.6 is 0 Å². The van der Waals surface area contributed by atoms with Gasteiger partial charge in [-0.05, 0) is 26.0 Å². The number of carbonyl (C=O) groups excluding carboxylic acids is 2. The number of carboxylic acid groups (broad SMARTS) is 1. The third-order valence-corrected chi connectivity index (χ3v) is 4.12. The molecule has 134 valence electrons. The fraction of sp³-hybridized carbons (Fsp3) is 0.235. The molecule has 0 radical (unpaired) electrons. The van der Waals surface area contributed by atoms with Gasteiger partial charge in [-0.2, -0.15) is 0 Å². The van der Waals surface area contributed by atoms with Crippen molar-refractivity contribution in [1.82, 2.24) is 14.0 Å². The highest BCUT2D eigenvalue weighted by molar-refractivity contribution is 6.21. The standard InChI is InChI=1S/C17H15N3O6/c1-9(2)20-13(21)10(8-19(16(20)24)17(25)26)7-18-14(22)11-5-3-4-6-12(11)15(18)23/h3-6,8-9H,7H2,1-2H3,(H,25,26). The van der Waals surface area contributed by atoms with Crippen LogP contribution in [-0.4, -0.2) is 37.0 Å². The minimum atomic E-state index is -1.56. The van der Waals surface area contributed by atoms with Gasteiger partial charge < -0.3 is 5.11 Å². The summed E-state index contributed by atoms with van der Waals surface area (Å²) in [7, 11) is 0. The predicted octanol–water partition coefficient (Wildman–Crippen LogP) is 0.913. The molecule has 9 heteroatoms. The van der Waals surface area contributed by atoms with Crippen LogP contribution in [0.4, 0.5) is 4.79 Å². The Kier molecular flexibility index (Phi) is 4.07. The van der Waals surface area contributed by atoms with Crippen molar-refractivity contribution < 1.29 is 19.5 Å². The van der Waals surface area contributed by atoms with Crippen LogP contribution in [0.15, 0.2) is 40.1 Å². The van der Waals surface area contributed by atoms with Gasteiger partial charge in [0.1, 0.15) is 0 Å². The molecule has 1 aliphatic rings. The van der Waals surface area contributed by atoms with Crippen LogP contribution in [0.1, 0.15) is 46.2 Å². The molecule has 0 spiro atoms. The van der Waals surface area contributed by atoms with Gasteiger partial charge in [-0.25, -0.2) is 14.2 Å². The van der Waals surface area contributed by atoms with Gasteiger partial charge in [0, 0.05) is 12.2 Å². The second-order valence-corrected chi connectivity index (χ2v) is 6.10. The third-order valence-electron chi connectivity index (χ3n) is 4.12. The van der Waals surface area contributed by atoms with Crippen molar-refractivity contribution in [3.05, 3.63) is 68.0 Å². The van der Waals surface area contributed by atoms with Gasteiger partial charge in [0.2, 0.25) is 0 Å². The van der Waals surface area contributed by atoms with Crippen LogP contribution in [0.5, 0.6) is 0 Å². The lowest BCUT2D eigenvalue weighted by Gasteiger charge is -2.17. The zero-order valence-electron chi connectivity index (χ0n) is 14.0. The quantitative estimate of drug-likeness (QED) is 0.816. The monoisotopic (exact) mass is 357 g/mol. The Hall–Kier alpha value is -3.49. The molecule has 1 aromatic heterocycles. The zero-order valence-corrected chi connectivity index (χ0v) is 14.0. The lowest BCUT2D eigenvalue weighted by Crippen LogP contribution is -2.45. The van der Waals surface area contributed by atoms with Crippen molar-refractivity contribution in [2.24, 2.45) is 0 Å². The van der Waals surface area contributed by atoms with E-state index >= 15 is 0 Å². The van der Waals surface area contributed by atoms with Crippen molar-refractivity contribution in [3.8, 4) is 0 Å². The molecule has 0 saturated carbocycles. The van der Waals surface area contributed by atoms with Crippen molar-refractivity contribution in [1.29, 1.82) is 0 Å². The van der Waals surface area contributed by atoms with Gasteiger partial charge in [0.05, 0.1) is 23.2 Å². The van der Waals surface area contributed by atoms with E-state index < -0.39 is 41.7 Å². The Morgan fingerprint density at radius 1 is 1.04 bits per heavy atom. The Balaban J connectivity index is 2.11. The van der Waals surface area contributed by atoms with Crippen molar-refractivity contribution >= 4 is 17.9 Å². The molecule has 3 rings (SSSR count). The largest absolute Gasteiger partial charge is 0.464 e. The summed E-state index contributed by atoms with van der Waals surface area (Å²) in [5.74, 6) is -1.15. The van der Waals surface area contributed by atoms with Crippen molar-refractivity contribution in [2.75, 3.05) is 0 Å². The SMILES string of the molecule is CC(C)n1c(=O)c(CN2C(=O)c3ccccc3C2=O)cn(C(=O)O)c1=O. The summed E-state index contributed by atoms with van der Waals surface area (Å²) in [4.78, 5) is 61.8. The summed E-state index contributed by atoms with van der Waals surface area (Å²) in [6.07, 6.45) is -0.705. The number of imide groups is 1. The first-order chi connectivity index (χ1) is 12.2. The normalized spacial score (nSPS) is 13.4. The molecule has 9 nitrogen and oxygen atoms in total. The molecule has 1 aromatic carbocycles. The van der Waals surface area contributed by atoms with E-state index in [1.807, 2.05) is 0 Å². The topological polar surface area (TPSA) is 119 Å². The Labute approximate surface area is 146 Å². The average molecular weight is 357 g/mol. The minimum absolute atomic E-state index is 0.143. The van der Waals surface area contributed by atoms with E-state index in [0.717, 1.165) is 15.7 Å². The number of hydrogen-bond acceptors (Lipinski definition) is 5. The molecule has 2 aromatic rings. The Morgan fingerprint density at radius 3 is 2.04 bits per heavy atom. The molecule has 1 N–H and O–H groups in total. The lowest BCUT2D eigenvalue weighted by molar-refractivity contribution is 0.0641. The molecule has 0 aliphatic carbocycles. The first kappa shape index (κ1) is 17.3. The second kappa shape index (κ2) is 6.10. The predicted molar refractivity (Wildman–Crippen MR) is 89.4 cm³/mol. The summed E-state index contributed by atoms with van der Waals surface area (Å²) in [5.41, 5.74) is -1.45. The highest BCUT2D eigenvalue weighted by Crippen LogP contribution is 2.23. The first-order valence-corrected chi connectivity index (χ1v) is 7.79. The van der Waals surface area contributed by atoms with E-state index in [1.165, 1.54) is 12.1 Å². The number of nitrogens with zero attached hydrogens (tertiary/aromatic N) is 3. The number of rotatable bonds is 3. The molecule has 0 saturated heterocycles. The summed E-state index contributed by atoms with van der Waals surface area (Å²) < 4.78 is 1.15. The van der Waals surface area contributed by atoms with Crippen LogP contribution in [-0.2, 0) is 6.54 Å². The van der Waals surface area contributed by atoms with Crippen molar-refractivity contribution in [3.63, 3.8) is 0 Å². The molecule has 0 atom stereocenters. The molecule has 2 heterocycles. The van der Waals surface area contributed by atoms with E-state index in [-0.39, 0.29) is 16.7 Å². The summed E-state index contributed by atoms with van der Waals surface area (Å²) in [5, 5.41) is 9.19. The van der Waals surface area contributed by atoms with Crippen LogP contribution < -0.4 is 11.2 Å². The smallest absolute Gasteiger partial charge is 0.419 e.